The summed E-state index contributed by atoms with van der Waals surface area (Å²) in [5, 5.41) is 0. The minimum atomic E-state index is 0.0517. The van der Waals surface area contributed by atoms with Gasteiger partial charge in [0.2, 0.25) is 5.90 Å². The monoisotopic (exact) mass is 321 g/mol. The first kappa shape index (κ1) is 15.3. The van der Waals surface area contributed by atoms with Gasteiger partial charge in [-0.05, 0) is 42.7 Å². The van der Waals surface area contributed by atoms with Gasteiger partial charge >= 0.3 is 0 Å². The second-order valence-corrected chi connectivity index (χ2v) is 6.79. The molecule has 1 aliphatic heterocycles. The molecular formula is C21H23NO2. The number of rotatable bonds is 4. The molecule has 3 nitrogen and oxygen atoms in total. The number of nitrogens with zero attached hydrogens (tertiary/aromatic N) is 1. The van der Waals surface area contributed by atoms with Crippen LogP contribution >= 0.6 is 0 Å². The average Bonchev–Trinajstić information content (AvgIpc) is 3.05. The van der Waals surface area contributed by atoms with E-state index in [1.807, 2.05) is 42.5 Å². The molecule has 0 atom stereocenters. The van der Waals surface area contributed by atoms with Crippen molar-refractivity contribution in [2.45, 2.75) is 44.2 Å². The van der Waals surface area contributed by atoms with E-state index in [1.54, 1.807) is 0 Å². The van der Waals surface area contributed by atoms with Gasteiger partial charge in [-0.2, -0.15) is 0 Å². The summed E-state index contributed by atoms with van der Waals surface area (Å²) < 4.78 is 11.7. The van der Waals surface area contributed by atoms with Crippen LogP contribution in [0.4, 0.5) is 0 Å². The van der Waals surface area contributed by atoms with E-state index in [0.29, 0.717) is 6.61 Å². The second-order valence-electron chi connectivity index (χ2n) is 6.79. The molecule has 4 rings (SSSR count). The van der Waals surface area contributed by atoms with Crippen molar-refractivity contribution in [3.63, 3.8) is 0 Å². The molecular weight excluding hydrogens is 298 g/mol. The van der Waals surface area contributed by atoms with E-state index in [4.69, 9.17) is 14.5 Å². The first-order valence-electron chi connectivity index (χ1n) is 8.83. The molecule has 1 aliphatic carbocycles. The van der Waals surface area contributed by atoms with Crippen LogP contribution in [0.2, 0.25) is 0 Å². The Morgan fingerprint density at radius 3 is 2.42 bits per heavy atom. The van der Waals surface area contributed by atoms with Crippen molar-refractivity contribution in [1.29, 1.82) is 0 Å². The van der Waals surface area contributed by atoms with Crippen molar-refractivity contribution in [3.8, 4) is 5.75 Å². The lowest BCUT2D eigenvalue weighted by molar-refractivity contribution is 0.207. The van der Waals surface area contributed by atoms with Crippen molar-refractivity contribution in [3.05, 3.63) is 65.7 Å². The topological polar surface area (TPSA) is 30.8 Å². The fraction of sp³-hybridized carbons (Fsp3) is 0.381. The third kappa shape index (κ3) is 3.30. The van der Waals surface area contributed by atoms with Crippen LogP contribution in [0, 0.1) is 0 Å². The molecule has 1 heterocycles. The third-order valence-corrected chi connectivity index (χ3v) is 4.95. The second kappa shape index (κ2) is 6.68. The predicted molar refractivity (Wildman–Crippen MR) is 95.5 cm³/mol. The first-order chi connectivity index (χ1) is 11.8. The molecule has 0 aromatic heterocycles. The number of aliphatic imine (C=N–C) groups is 1. The van der Waals surface area contributed by atoms with Gasteiger partial charge in [0.15, 0.2) is 0 Å². The van der Waals surface area contributed by atoms with Gasteiger partial charge in [-0.3, -0.25) is 0 Å². The van der Waals surface area contributed by atoms with Crippen LogP contribution in [0.1, 0.15) is 43.2 Å². The first-order valence-corrected chi connectivity index (χ1v) is 8.83. The largest absolute Gasteiger partial charge is 0.489 e. The van der Waals surface area contributed by atoms with E-state index in [-0.39, 0.29) is 5.54 Å². The van der Waals surface area contributed by atoms with Crippen LogP contribution in [-0.4, -0.2) is 18.0 Å². The molecule has 1 fully saturated rings. The van der Waals surface area contributed by atoms with Crippen LogP contribution in [-0.2, 0) is 11.3 Å². The van der Waals surface area contributed by atoms with E-state index >= 15 is 0 Å². The Kier molecular flexibility index (Phi) is 4.24. The van der Waals surface area contributed by atoms with Crippen LogP contribution in [0.5, 0.6) is 5.75 Å². The Hall–Kier alpha value is -2.29. The van der Waals surface area contributed by atoms with Gasteiger partial charge in [0.1, 0.15) is 19.0 Å². The Labute approximate surface area is 143 Å². The molecule has 124 valence electrons. The molecule has 1 saturated carbocycles. The van der Waals surface area contributed by atoms with Gasteiger partial charge in [-0.25, -0.2) is 4.99 Å². The number of ether oxygens (including phenoxy) is 2. The third-order valence-electron chi connectivity index (χ3n) is 4.95. The maximum Gasteiger partial charge on any atom is 0.216 e. The summed E-state index contributed by atoms with van der Waals surface area (Å²) in [5.41, 5.74) is 2.27. The Morgan fingerprint density at radius 2 is 1.67 bits per heavy atom. The summed E-state index contributed by atoms with van der Waals surface area (Å²) in [4.78, 5) is 4.93. The highest BCUT2D eigenvalue weighted by Crippen LogP contribution is 2.36. The molecule has 0 radical (unpaired) electrons. The van der Waals surface area contributed by atoms with Crippen molar-refractivity contribution < 1.29 is 9.47 Å². The zero-order valence-electron chi connectivity index (χ0n) is 13.9. The zero-order chi connectivity index (χ0) is 16.2. The fourth-order valence-corrected chi connectivity index (χ4v) is 3.53. The Morgan fingerprint density at radius 1 is 0.917 bits per heavy atom. The van der Waals surface area contributed by atoms with Gasteiger partial charge in [0, 0.05) is 5.56 Å². The van der Waals surface area contributed by atoms with E-state index < -0.39 is 0 Å². The number of hydrogen-bond donors (Lipinski definition) is 0. The SMILES string of the molecule is c1ccc(COc2ccc(C3=NC4(CCCCC4)CO3)cc2)cc1. The summed E-state index contributed by atoms with van der Waals surface area (Å²) in [7, 11) is 0. The van der Waals surface area contributed by atoms with E-state index in [9.17, 15) is 0 Å². The van der Waals surface area contributed by atoms with E-state index in [2.05, 4.69) is 12.1 Å². The Balaban J connectivity index is 1.41. The normalized spacial score (nSPS) is 18.9. The molecule has 0 amide bonds. The number of benzene rings is 2. The van der Waals surface area contributed by atoms with Gasteiger partial charge in [-0.1, -0.05) is 49.6 Å². The van der Waals surface area contributed by atoms with Crippen LogP contribution in [0.15, 0.2) is 59.6 Å². The quantitative estimate of drug-likeness (QED) is 0.814. The molecule has 24 heavy (non-hydrogen) atoms. The molecule has 0 saturated heterocycles. The smallest absolute Gasteiger partial charge is 0.216 e. The molecule has 1 spiro atoms. The molecule has 0 unspecified atom stereocenters. The van der Waals surface area contributed by atoms with Crippen LogP contribution in [0.25, 0.3) is 0 Å². The average molecular weight is 321 g/mol. The Bertz CT molecular complexity index is 700. The van der Waals surface area contributed by atoms with Crippen LogP contribution < -0.4 is 4.74 Å². The zero-order valence-corrected chi connectivity index (χ0v) is 13.9. The standard InChI is InChI=1S/C21H23NO2/c1-3-7-17(8-4-1)15-23-19-11-9-18(10-12-19)20-22-21(16-24-20)13-5-2-6-14-21/h1,3-4,7-12H,2,5-6,13-16H2. The van der Waals surface area contributed by atoms with Gasteiger partial charge in [-0.15, -0.1) is 0 Å². The maximum absolute atomic E-state index is 5.91. The van der Waals surface area contributed by atoms with Gasteiger partial charge in [0.05, 0.1) is 5.54 Å². The molecule has 0 bridgehead atoms. The van der Waals surface area contributed by atoms with Crippen molar-refractivity contribution >= 4 is 5.90 Å². The summed E-state index contributed by atoms with van der Waals surface area (Å²) in [6.07, 6.45) is 6.20. The minimum Gasteiger partial charge on any atom is -0.489 e. The molecule has 2 aromatic carbocycles. The summed E-state index contributed by atoms with van der Waals surface area (Å²) in [6.45, 7) is 1.33. The van der Waals surface area contributed by atoms with Gasteiger partial charge < -0.3 is 9.47 Å². The minimum absolute atomic E-state index is 0.0517. The van der Waals surface area contributed by atoms with E-state index in [1.165, 1.54) is 24.8 Å². The van der Waals surface area contributed by atoms with Crippen molar-refractivity contribution in [2.75, 3.05) is 6.61 Å². The highest BCUT2D eigenvalue weighted by Gasteiger charge is 2.37. The predicted octanol–water partition coefficient (Wildman–Crippen LogP) is 4.75. The van der Waals surface area contributed by atoms with E-state index in [0.717, 1.165) is 36.7 Å². The lowest BCUT2D eigenvalue weighted by Gasteiger charge is -2.27. The molecule has 3 heteroatoms. The van der Waals surface area contributed by atoms with Crippen molar-refractivity contribution in [2.24, 2.45) is 4.99 Å². The molecule has 2 aromatic rings. The number of hydrogen-bond acceptors (Lipinski definition) is 3. The highest BCUT2D eigenvalue weighted by atomic mass is 16.5. The lowest BCUT2D eigenvalue weighted by atomic mass is 9.83. The fourth-order valence-electron chi connectivity index (χ4n) is 3.53. The van der Waals surface area contributed by atoms with Crippen LogP contribution in [0.3, 0.4) is 0 Å². The molecule has 2 aliphatic rings. The summed E-state index contributed by atoms with van der Waals surface area (Å²) in [5.74, 6) is 1.67. The highest BCUT2D eigenvalue weighted by molar-refractivity contribution is 5.95. The maximum atomic E-state index is 5.91. The lowest BCUT2D eigenvalue weighted by Crippen LogP contribution is -2.30. The van der Waals surface area contributed by atoms with Crippen molar-refractivity contribution in [1.82, 2.24) is 0 Å². The summed E-state index contributed by atoms with van der Waals surface area (Å²) >= 11 is 0. The van der Waals surface area contributed by atoms with Gasteiger partial charge in [0.25, 0.3) is 0 Å². The molecule has 0 N–H and O–H groups in total. The summed E-state index contributed by atoms with van der Waals surface area (Å²) in [6, 6.07) is 18.3.